The highest BCUT2D eigenvalue weighted by atomic mass is 16.4. The molecule has 0 fully saturated rings. The van der Waals surface area contributed by atoms with Gasteiger partial charge in [-0.05, 0) is 6.92 Å². The number of carbonyl (C=O) groups is 4. The number of carboxylic acid groups (broad SMARTS) is 1. The monoisotopic (exact) mass is 354 g/mol. The third-order valence-corrected chi connectivity index (χ3v) is 3.42. The first-order valence-corrected chi connectivity index (χ1v) is 7.59. The summed E-state index contributed by atoms with van der Waals surface area (Å²) in [7, 11) is 1.43. The van der Waals surface area contributed by atoms with Crippen LogP contribution in [-0.4, -0.2) is 72.6 Å². The SMILES string of the molecule is CNC(=O)[C@H](CC1C=NC=N1)NC(=O)[C@H](C)NC(=O)[C@@H](N)CC(=O)O. The van der Waals surface area contributed by atoms with Crippen molar-refractivity contribution in [3.8, 4) is 0 Å². The first-order valence-electron chi connectivity index (χ1n) is 7.59. The van der Waals surface area contributed by atoms with E-state index in [0.29, 0.717) is 0 Å². The van der Waals surface area contributed by atoms with E-state index in [-0.39, 0.29) is 12.5 Å². The molecule has 3 amide bonds. The van der Waals surface area contributed by atoms with Crippen molar-refractivity contribution in [2.75, 3.05) is 7.05 Å². The van der Waals surface area contributed by atoms with Crippen molar-refractivity contribution < 1.29 is 24.3 Å². The van der Waals surface area contributed by atoms with Gasteiger partial charge in [-0.3, -0.25) is 24.2 Å². The second-order valence-electron chi connectivity index (χ2n) is 5.48. The lowest BCUT2D eigenvalue weighted by Crippen LogP contribution is -2.55. The summed E-state index contributed by atoms with van der Waals surface area (Å²) in [6.45, 7) is 1.40. The highest BCUT2D eigenvalue weighted by Crippen LogP contribution is 2.05. The molecule has 1 unspecified atom stereocenters. The number of hydrogen-bond acceptors (Lipinski definition) is 7. The van der Waals surface area contributed by atoms with Crippen molar-refractivity contribution in [2.45, 2.75) is 43.9 Å². The molecule has 11 heteroatoms. The third kappa shape index (κ3) is 6.67. The van der Waals surface area contributed by atoms with Gasteiger partial charge in [-0.2, -0.15) is 0 Å². The molecule has 0 aromatic carbocycles. The molecule has 25 heavy (non-hydrogen) atoms. The van der Waals surface area contributed by atoms with Gasteiger partial charge in [0.1, 0.15) is 18.4 Å². The molecule has 4 atom stereocenters. The molecular formula is C14H22N6O5. The highest BCUT2D eigenvalue weighted by Gasteiger charge is 2.27. The van der Waals surface area contributed by atoms with E-state index in [4.69, 9.17) is 10.8 Å². The number of rotatable bonds is 9. The number of aliphatic carboxylic acids is 1. The fourth-order valence-corrected chi connectivity index (χ4v) is 2.03. The summed E-state index contributed by atoms with van der Waals surface area (Å²) in [5.41, 5.74) is 5.43. The van der Waals surface area contributed by atoms with E-state index in [0.717, 1.165) is 0 Å². The van der Waals surface area contributed by atoms with Gasteiger partial charge in [0, 0.05) is 19.7 Å². The van der Waals surface area contributed by atoms with Crippen LogP contribution in [0.5, 0.6) is 0 Å². The minimum Gasteiger partial charge on any atom is -0.481 e. The number of amides is 3. The average Bonchev–Trinajstić information content (AvgIpc) is 3.05. The van der Waals surface area contributed by atoms with Crippen LogP contribution in [0, 0.1) is 0 Å². The van der Waals surface area contributed by atoms with Gasteiger partial charge in [0.05, 0.1) is 18.5 Å². The van der Waals surface area contributed by atoms with E-state index in [1.165, 1.54) is 20.3 Å². The molecule has 1 heterocycles. The maximum absolute atomic E-state index is 12.2. The first kappa shape index (κ1) is 20.2. The van der Waals surface area contributed by atoms with Crippen molar-refractivity contribution >= 4 is 36.2 Å². The summed E-state index contributed by atoms with van der Waals surface area (Å²) in [4.78, 5) is 54.2. The molecule has 1 aliphatic rings. The number of hydrogen-bond donors (Lipinski definition) is 5. The molecule has 0 aromatic rings. The number of nitrogens with zero attached hydrogens (tertiary/aromatic N) is 2. The van der Waals surface area contributed by atoms with Gasteiger partial charge in [-0.25, -0.2) is 4.99 Å². The minimum atomic E-state index is -1.27. The molecular weight excluding hydrogens is 332 g/mol. The van der Waals surface area contributed by atoms with Crippen molar-refractivity contribution in [1.29, 1.82) is 0 Å². The summed E-state index contributed by atoms with van der Waals surface area (Å²) < 4.78 is 0. The molecule has 11 nitrogen and oxygen atoms in total. The molecule has 1 rings (SSSR count). The van der Waals surface area contributed by atoms with Crippen LogP contribution >= 0.6 is 0 Å². The summed E-state index contributed by atoms with van der Waals surface area (Å²) in [5.74, 6) is -3.01. The Morgan fingerprint density at radius 2 is 1.88 bits per heavy atom. The molecule has 0 aliphatic carbocycles. The quantitative estimate of drug-likeness (QED) is 0.303. The molecule has 0 saturated carbocycles. The summed E-state index contributed by atoms with van der Waals surface area (Å²) in [5, 5.41) is 15.9. The zero-order chi connectivity index (χ0) is 19.0. The summed E-state index contributed by atoms with van der Waals surface area (Å²) >= 11 is 0. The molecule has 0 aromatic heterocycles. The number of nitrogens with two attached hydrogens (primary N) is 1. The summed E-state index contributed by atoms with van der Waals surface area (Å²) in [6.07, 6.45) is 2.57. The van der Waals surface area contributed by atoms with Crippen LogP contribution < -0.4 is 21.7 Å². The highest BCUT2D eigenvalue weighted by molar-refractivity contribution is 5.94. The van der Waals surface area contributed by atoms with Gasteiger partial charge in [0.15, 0.2) is 0 Å². The van der Waals surface area contributed by atoms with Crippen LogP contribution in [0.1, 0.15) is 19.8 Å². The average molecular weight is 354 g/mol. The lowest BCUT2D eigenvalue weighted by molar-refractivity contribution is -0.139. The lowest BCUT2D eigenvalue weighted by Gasteiger charge is -2.22. The number of nitrogens with one attached hydrogen (secondary N) is 3. The first-order chi connectivity index (χ1) is 11.7. The van der Waals surface area contributed by atoms with Crippen molar-refractivity contribution in [3.05, 3.63) is 0 Å². The van der Waals surface area contributed by atoms with Crippen LogP contribution in [-0.2, 0) is 19.2 Å². The van der Waals surface area contributed by atoms with Gasteiger partial charge >= 0.3 is 5.97 Å². The molecule has 138 valence electrons. The van der Waals surface area contributed by atoms with E-state index >= 15 is 0 Å². The Labute approximate surface area is 144 Å². The smallest absolute Gasteiger partial charge is 0.305 e. The van der Waals surface area contributed by atoms with Crippen molar-refractivity contribution in [1.82, 2.24) is 16.0 Å². The largest absolute Gasteiger partial charge is 0.481 e. The maximum atomic E-state index is 12.2. The van der Waals surface area contributed by atoms with Crippen molar-refractivity contribution in [3.63, 3.8) is 0 Å². The van der Waals surface area contributed by atoms with E-state index in [2.05, 4.69) is 25.9 Å². The minimum absolute atomic E-state index is 0.213. The topological polar surface area (TPSA) is 175 Å². The zero-order valence-electron chi connectivity index (χ0n) is 13.9. The lowest BCUT2D eigenvalue weighted by atomic mass is 10.1. The van der Waals surface area contributed by atoms with Gasteiger partial charge in [-0.15, -0.1) is 0 Å². The Kier molecular flexibility index (Phi) is 7.66. The zero-order valence-corrected chi connectivity index (χ0v) is 13.9. The van der Waals surface area contributed by atoms with E-state index in [9.17, 15) is 19.2 Å². The van der Waals surface area contributed by atoms with Crippen LogP contribution in [0.15, 0.2) is 9.98 Å². The predicted octanol–water partition coefficient (Wildman–Crippen LogP) is -2.60. The van der Waals surface area contributed by atoms with Gasteiger partial charge in [0.2, 0.25) is 17.7 Å². The normalized spacial score (nSPS) is 18.9. The Balaban J connectivity index is 2.60. The molecule has 0 spiro atoms. The van der Waals surface area contributed by atoms with Crippen molar-refractivity contribution in [2.24, 2.45) is 15.7 Å². The fourth-order valence-electron chi connectivity index (χ4n) is 2.03. The van der Waals surface area contributed by atoms with Gasteiger partial charge in [-0.1, -0.05) is 0 Å². The Morgan fingerprint density at radius 1 is 1.20 bits per heavy atom. The third-order valence-electron chi connectivity index (χ3n) is 3.42. The Morgan fingerprint density at radius 3 is 2.40 bits per heavy atom. The number of carboxylic acids is 1. The fraction of sp³-hybridized carbons (Fsp3) is 0.571. The van der Waals surface area contributed by atoms with Gasteiger partial charge < -0.3 is 26.8 Å². The summed E-state index contributed by atoms with van der Waals surface area (Å²) in [6, 6.07) is -3.46. The maximum Gasteiger partial charge on any atom is 0.305 e. The van der Waals surface area contributed by atoms with E-state index in [1.54, 1.807) is 6.21 Å². The second-order valence-corrected chi connectivity index (χ2v) is 5.48. The van der Waals surface area contributed by atoms with E-state index in [1.807, 2.05) is 0 Å². The second kappa shape index (κ2) is 9.47. The Hall–Kier alpha value is -2.82. The standard InChI is InChI=1S/C14H22N6O5/c1-7(19-13(24)9(15)4-11(21)22)12(23)20-10(14(25)16-2)3-8-5-17-6-18-8/h5-10H,3-4,15H2,1-2H3,(H,16,25)(H,19,24)(H,20,23)(H,21,22)/t7-,8?,9-,10-/m0/s1. The molecule has 0 bridgehead atoms. The molecule has 1 aliphatic heterocycles. The van der Waals surface area contributed by atoms with Crippen LogP contribution in [0.3, 0.4) is 0 Å². The Bertz CT molecular complexity index is 578. The number of carbonyl (C=O) groups excluding carboxylic acids is 3. The molecule has 0 radical (unpaired) electrons. The molecule has 0 saturated heterocycles. The number of aliphatic imine (C=N–C) groups is 2. The van der Waals surface area contributed by atoms with E-state index < -0.39 is 48.2 Å². The molecule has 6 N–H and O–H groups in total. The van der Waals surface area contributed by atoms with Crippen LogP contribution in [0.4, 0.5) is 0 Å². The van der Waals surface area contributed by atoms with Crippen LogP contribution in [0.25, 0.3) is 0 Å². The predicted molar refractivity (Wildman–Crippen MR) is 89.2 cm³/mol. The van der Waals surface area contributed by atoms with Crippen LogP contribution in [0.2, 0.25) is 0 Å². The van der Waals surface area contributed by atoms with Gasteiger partial charge in [0.25, 0.3) is 0 Å². The number of likely N-dealkylation sites (N-methyl/N-ethyl adjacent to an activating group) is 1.